The molecule has 0 saturated carbocycles. The van der Waals surface area contributed by atoms with Gasteiger partial charge in [0, 0.05) is 12.6 Å². The van der Waals surface area contributed by atoms with Crippen molar-refractivity contribution >= 4 is 22.1 Å². The maximum Gasteiger partial charge on any atom is 0.155 e. The number of para-hydroxylation sites is 1. The van der Waals surface area contributed by atoms with Crippen molar-refractivity contribution < 1.29 is 8.78 Å². The van der Waals surface area contributed by atoms with E-state index < -0.39 is 11.6 Å². The molecule has 0 fully saturated rings. The largest absolute Gasteiger partial charge is 0.340 e. The van der Waals surface area contributed by atoms with E-state index in [0.717, 1.165) is 27.8 Å². The third kappa shape index (κ3) is 4.22. The summed E-state index contributed by atoms with van der Waals surface area (Å²) in [6.45, 7) is 0. The standard InChI is InChI=1S/C35H25F2N/c1-38(32-17-8-7-16-31(32)36)33-23-22-30(34(35(33)37)27-11-3-2-4-12-27)26-20-18-25(19-21-26)29-15-9-13-24-10-5-6-14-28(24)29/h2-23H,1H3. The van der Waals surface area contributed by atoms with E-state index in [9.17, 15) is 4.39 Å². The zero-order valence-corrected chi connectivity index (χ0v) is 20.9. The fourth-order valence-corrected chi connectivity index (χ4v) is 5.11. The summed E-state index contributed by atoms with van der Waals surface area (Å²) in [5.74, 6) is -0.790. The van der Waals surface area contributed by atoms with E-state index in [-0.39, 0.29) is 0 Å². The minimum absolute atomic E-state index is 0.310. The molecule has 6 aromatic carbocycles. The molecule has 0 heterocycles. The zero-order valence-electron chi connectivity index (χ0n) is 20.9. The number of hydrogen-bond acceptors (Lipinski definition) is 1. The van der Waals surface area contributed by atoms with E-state index in [1.165, 1.54) is 16.8 Å². The maximum absolute atomic E-state index is 16.3. The maximum atomic E-state index is 16.3. The molecule has 0 bridgehead atoms. The first-order chi connectivity index (χ1) is 18.6. The number of hydrogen-bond donors (Lipinski definition) is 0. The number of benzene rings is 6. The lowest BCUT2D eigenvalue weighted by atomic mass is 9.91. The van der Waals surface area contributed by atoms with E-state index in [0.29, 0.717) is 16.9 Å². The van der Waals surface area contributed by atoms with Crippen molar-refractivity contribution in [2.24, 2.45) is 0 Å². The molecule has 0 amide bonds. The molecule has 38 heavy (non-hydrogen) atoms. The molecule has 6 rings (SSSR count). The molecule has 184 valence electrons. The Balaban J connectivity index is 1.47. The number of anilines is 2. The molecule has 6 aromatic rings. The fraction of sp³-hybridized carbons (Fsp3) is 0.0286. The summed E-state index contributed by atoms with van der Waals surface area (Å²) < 4.78 is 30.9. The van der Waals surface area contributed by atoms with Crippen LogP contribution in [-0.4, -0.2) is 7.05 Å². The van der Waals surface area contributed by atoms with Crippen molar-refractivity contribution in [3.63, 3.8) is 0 Å². The smallest absolute Gasteiger partial charge is 0.155 e. The number of rotatable bonds is 5. The molecular formula is C35H25F2N. The lowest BCUT2D eigenvalue weighted by Crippen LogP contribution is -2.13. The molecular weight excluding hydrogens is 472 g/mol. The molecule has 0 N–H and O–H groups in total. The summed E-state index contributed by atoms with van der Waals surface area (Å²) in [4.78, 5) is 1.56. The van der Waals surface area contributed by atoms with Crippen molar-refractivity contribution in [3.05, 3.63) is 145 Å². The van der Waals surface area contributed by atoms with E-state index in [2.05, 4.69) is 48.5 Å². The van der Waals surface area contributed by atoms with Crippen LogP contribution in [-0.2, 0) is 0 Å². The van der Waals surface area contributed by atoms with Crippen LogP contribution < -0.4 is 4.90 Å². The van der Waals surface area contributed by atoms with Crippen LogP contribution in [0.5, 0.6) is 0 Å². The minimum Gasteiger partial charge on any atom is -0.340 e. The highest BCUT2D eigenvalue weighted by atomic mass is 19.1. The highest BCUT2D eigenvalue weighted by Gasteiger charge is 2.20. The average Bonchev–Trinajstić information content (AvgIpc) is 2.97. The van der Waals surface area contributed by atoms with Crippen LogP contribution in [0.3, 0.4) is 0 Å². The molecule has 0 aromatic heterocycles. The molecule has 0 aliphatic carbocycles. The molecule has 3 heteroatoms. The quantitative estimate of drug-likeness (QED) is 0.229. The highest BCUT2D eigenvalue weighted by Crippen LogP contribution is 2.41. The summed E-state index contributed by atoms with van der Waals surface area (Å²) in [5, 5.41) is 2.39. The molecule has 0 aliphatic heterocycles. The summed E-state index contributed by atoms with van der Waals surface area (Å²) in [6.07, 6.45) is 0. The highest BCUT2D eigenvalue weighted by molar-refractivity contribution is 5.97. The fourth-order valence-electron chi connectivity index (χ4n) is 5.11. The first-order valence-electron chi connectivity index (χ1n) is 12.6. The topological polar surface area (TPSA) is 3.24 Å². The second-order valence-corrected chi connectivity index (χ2v) is 9.30. The van der Waals surface area contributed by atoms with E-state index >= 15 is 4.39 Å². The van der Waals surface area contributed by atoms with Gasteiger partial charge in [-0.1, -0.05) is 115 Å². The number of halogens is 2. The molecule has 0 unspecified atom stereocenters. The van der Waals surface area contributed by atoms with Crippen LogP contribution in [0.25, 0.3) is 44.2 Å². The Hall–Kier alpha value is -4.76. The van der Waals surface area contributed by atoms with Crippen molar-refractivity contribution in [2.75, 3.05) is 11.9 Å². The third-order valence-corrected chi connectivity index (χ3v) is 7.06. The van der Waals surface area contributed by atoms with E-state index in [4.69, 9.17) is 0 Å². The van der Waals surface area contributed by atoms with Crippen LogP contribution >= 0.6 is 0 Å². The zero-order chi connectivity index (χ0) is 26.1. The summed E-state index contributed by atoms with van der Waals surface area (Å²) >= 11 is 0. The number of nitrogens with zero attached hydrogens (tertiary/aromatic N) is 1. The van der Waals surface area contributed by atoms with E-state index in [1.807, 2.05) is 54.6 Å². The van der Waals surface area contributed by atoms with Crippen LogP contribution in [0, 0.1) is 11.6 Å². The summed E-state index contributed by atoms with van der Waals surface area (Å²) in [6, 6.07) is 42.5. The van der Waals surface area contributed by atoms with Crippen molar-refractivity contribution in [2.45, 2.75) is 0 Å². The molecule has 0 aliphatic rings. The van der Waals surface area contributed by atoms with Crippen LogP contribution in [0.2, 0.25) is 0 Å². The lowest BCUT2D eigenvalue weighted by Gasteiger charge is -2.23. The summed E-state index contributed by atoms with van der Waals surface area (Å²) in [5.41, 5.74) is 5.83. The van der Waals surface area contributed by atoms with Gasteiger partial charge in [-0.25, -0.2) is 8.78 Å². The SMILES string of the molecule is CN(c1ccccc1F)c1ccc(-c2ccc(-c3cccc4ccccc34)cc2)c(-c2ccccc2)c1F. The Bertz CT molecular complexity index is 1740. The third-order valence-electron chi connectivity index (χ3n) is 7.06. The Morgan fingerprint density at radius 3 is 1.87 bits per heavy atom. The van der Waals surface area contributed by atoms with Crippen LogP contribution in [0.15, 0.2) is 133 Å². The van der Waals surface area contributed by atoms with Gasteiger partial charge in [0.25, 0.3) is 0 Å². The average molecular weight is 498 g/mol. The van der Waals surface area contributed by atoms with Gasteiger partial charge in [-0.05, 0) is 56.8 Å². The van der Waals surface area contributed by atoms with Gasteiger partial charge in [-0.15, -0.1) is 0 Å². The monoisotopic (exact) mass is 497 g/mol. The Labute approximate surface area is 221 Å². The molecule has 0 saturated heterocycles. The van der Waals surface area contributed by atoms with Gasteiger partial charge in [-0.3, -0.25) is 0 Å². The lowest BCUT2D eigenvalue weighted by molar-refractivity contribution is 0.619. The Morgan fingerprint density at radius 2 is 1.11 bits per heavy atom. The Morgan fingerprint density at radius 1 is 0.474 bits per heavy atom. The summed E-state index contributed by atoms with van der Waals surface area (Å²) in [7, 11) is 1.68. The predicted octanol–water partition coefficient (Wildman–Crippen LogP) is 9.89. The van der Waals surface area contributed by atoms with Gasteiger partial charge >= 0.3 is 0 Å². The van der Waals surface area contributed by atoms with Gasteiger partial charge in [0.05, 0.1) is 11.4 Å². The van der Waals surface area contributed by atoms with Gasteiger partial charge < -0.3 is 4.90 Å². The molecule has 1 nitrogen and oxygen atoms in total. The van der Waals surface area contributed by atoms with Crippen molar-refractivity contribution in [3.8, 4) is 33.4 Å². The minimum atomic E-state index is -0.399. The first kappa shape index (κ1) is 23.6. The van der Waals surface area contributed by atoms with Crippen LogP contribution in [0.1, 0.15) is 0 Å². The normalized spacial score (nSPS) is 11.0. The van der Waals surface area contributed by atoms with E-state index in [1.54, 1.807) is 36.2 Å². The molecule has 0 radical (unpaired) electrons. The van der Waals surface area contributed by atoms with Gasteiger partial charge in [0.15, 0.2) is 5.82 Å². The van der Waals surface area contributed by atoms with Gasteiger partial charge in [0.1, 0.15) is 5.82 Å². The second kappa shape index (κ2) is 9.95. The predicted molar refractivity (Wildman–Crippen MR) is 155 cm³/mol. The first-order valence-corrected chi connectivity index (χ1v) is 12.6. The molecule has 0 spiro atoms. The second-order valence-electron chi connectivity index (χ2n) is 9.30. The van der Waals surface area contributed by atoms with Crippen molar-refractivity contribution in [1.29, 1.82) is 0 Å². The number of fused-ring (bicyclic) bond motifs is 1. The molecule has 0 atom stereocenters. The Kier molecular flexibility index (Phi) is 6.19. The van der Waals surface area contributed by atoms with Gasteiger partial charge in [-0.2, -0.15) is 0 Å². The van der Waals surface area contributed by atoms with Gasteiger partial charge in [0.2, 0.25) is 0 Å². The van der Waals surface area contributed by atoms with Crippen molar-refractivity contribution in [1.82, 2.24) is 0 Å². The van der Waals surface area contributed by atoms with Crippen LogP contribution in [0.4, 0.5) is 20.2 Å².